The molecule has 1 aliphatic rings. The SMILES string of the molecule is COc1cccc(OC)c1C1CC=CCC1[N+](=O)[O-]. The van der Waals surface area contributed by atoms with Crippen LogP contribution in [0.2, 0.25) is 0 Å². The smallest absolute Gasteiger partial charge is 0.223 e. The number of hydrogen-bond acceptors (Lipinski definition) is 4. The van der Waals surface area contributed by atoms with Gasteiger partial charge in [0.15, 0.2) is 0 Å². The summed E-state index contributed by atoms with van der Waals surface area (Å²) in [6, 6.07) is 4.82. The molecule has 0 N–H and O–H groups in total. The lowest BCUT2D eigenvalue weighted by Gasteiger charge is -2.25. The summed E-state index contributed by atoms with van der Waals surface area (Å²) in [5.74, 6) is 1.07. The highest BCUT2D eigenvalue weighted by Crippen LogP contribution is 2.41. The Kier molecular flexibility index (Phi) is 4.04. The molecule has 0 fully saturated rings. The van der Waals surface area contributed by atoms with E-state index in [-0.39, 0.29) is 10.8 Å². The van der Waals surface area contributed by atoms with Crippen LogP contribution in [0.4, 0.5) is 0 Å². The predicted octanol–water partition coefficient (Wildman–Crippen LogP) is 2.78. The molecule has 0 bridgehead atoms. The van der Waals surface area contributed by atoms with Crippen LogP contribution in [0.3, 0.4) is 0 Å². The fourth-order valence-electron chi connectivity index (χ4n) is 2.59. The fourth-order valence-corrected chi connectivity index (χ4v) is 2.59. The third kappa shape index (κ3) is 2.54. The first kappa shape index (κ1) is 13.4. The molecule has 0 heterocycles. The summed E-state index contributed by atoms with van der Waals surface area (Å²) in [5.41, 5.74) is 0.790. The van der Waals surface area contributed by atoms with Gasteiger partial charge in [-0.15, -0.1) is 0 Å². The van der Waals surface area contributed by atoms with E-state index in [1.54, 1.807) is 14.2 Å². The molecule has 19 heavy (non-hydrogen) atoms. The summed E-state index contributed by atoms with van der Waals surface area (Å²) in [6.45, 7) is 0. The third-order valence-corrected chi connectivity index (χ3v) is 3.51. The van der Waals surface area contributed by atoms with Gasteiger partial charge < -0.3 is 9.47 Å². The molecular formula is C14H17NO4. The Bertz CT molecular complexity index is 476. The minimum atomic E-state index is -0.629. The van der Waals surface area contributed by atoms with Crippen molar-refractivity contribution in [3.8, 4) is 11.5 Å². The number of nitro groups is 1. The lowest BCUT2D eigenvalue weighted by atomic mass is 9.83. The summed E-state index contributed by atoms with van der Waals surface area (Å²) in [6.07, 6.45) is 4.92. The van der Waals surface area contributed by atoms with E-state index in [1.807, 2.05) is 30.4 Å². The van der Waals surface area contributed by atoms with E-state index in [2.05, 4.69) is 0 Å². The van der Waals surface area contributed by atoms with Gasteiger partial charge in [-0.3, -0.25) is 10.1 Å². The topological polar surface area (TPSA) is 61.6 Å². The molecule has 2 unspecified atom stereocenters. The second-order valence-electron chi connectivity index (χ2n) is 4.48. The zero-order valence-electron chi connectivity index (χ0n) is 11.0. The fraction of sp³-hybridized carbons (Fsp3) is 0.429. The third-order valence-electron chi connectivity index (χ3n) is 3.51. The zero-order chi connectivity index (χ0) is 13.8. The maximum atomic E-state index is 11.2. The number of methoxy groups -OCH3 is 2. The van der Waals surface area contributed by atoms with Gasteiger partial charge in [0.05, 0.1) is 20.1 Å². The Balaban J connectivity index is 2.49. The lowest BCUT2D eigenvalue weighted by Crippen LogP contribution is -2.29. The summed E-state index contributed by atoms with van der Waals surface area (Å²) in [4.78, 5) is 11.0. The van der Waals surface area contributed by atoms with Crippen molar-refractivity contribution in [1.82, 2.24) is 0 Å². The maximum Gasteiger partial charge on any atom is 0.223 e. The quantitative estimate of drug-likeness (QED) is 0.476. The summed E-state index contributed by atoms with van der Waals surface area (Å²) >= 11 is 0. The van der Waals surface area contributed by atoms with E-state index in [0.29, 0.717) is 24.3 Å². The molecule has 2 atom stereocenters. The Morgan fingerprint density at radius 3 is 2.26 bits per heavy atom. The van der Waals surface area contributed by atoms with Crippen LogP contribution < -0.4 is 9.47 Å². The van der Waals surface area contributed by atoms with Gasteiger partial charge >= 0.3 is 0 Å². The molecule has 0 radical (unpaired) electrons. The highest BCUT2D eigenvalue weighted by molar-refractivity contribution is 5.48. The van der Waals surface area contributed by atoms with E-state index < -0.39 is 6.04 Å². The Morgan fingerprint density at radius 2 is 1.74 bits per heavy atom. The van der Waals surface area contributed by atoms with Gasteiger partial charge in [0.25, 0.3) is 0 Å². The molecule has 1 aromatic rings. The standard InChI is InChI=1S/C14H17NO4/c1-18-12-8-5-9-13(19-2)14(12)10-6-3-4-7-11(10)15(16)17/h3-5,8-11H,6-7H2,1-2H3. The van der Waals surface area contributed by atoms with Crippen LogP contribution in [0, 0.1) is 10.1 Å². The Hall–Kier alpha value is -2.04. The zero-order valence-corrected chi connectivity index (χ0v) is 11.0. The molecule has 0 saturated carbocycles. The predicted molar refractivity (Wildman–Crippen MR) is 71.4 cm³/mol. The summed E-state index contributed by atoms with van der Waals surface area (Å²) in [5, 5.41) is 11.2. The number of nitrogens with zero attached hydrogens (tertiary/aromatic N) is 1. The minimum Gasteiger partial charge on any atom is -0.496 e. The van der Waals surface area contributed by atoms with Crippen LogP contribution in [0.1, 0.15) is 24.3 Å². The van der Waals surface area contributed by atoms with Crippen molar-refractivity contribution in [1.29, 1.82) is 0 Å². The van der Waals surface area contributed by atoms with Crippen LogP contribution in [0.15, 0.2) is 30.4 Å². The molecule has 5 nitrogen and oxygen atoms in total. The summed E-state index contributed by atoms with van der Waals surface area (Å²) in [7, 11) is 3.14. The monoisotopic (exact) mass is 263 g/mol. The van der Waals surface area contributed by atoms with Gasteiger partial charge in [0, 0.05) is 16.9 Å². The number of ether oxygens (including phenoxy) is 2. The number of allylic oxidation sites excluding steroid dienone is 1. The highest BCUT2D eigenvalue weighted by atomic mass is 16.6. The maximum absolute atomic E-state index is 11.2. The Morgan fingerprint density at radius 1 is 1.16 bits per heavy atom. The molecule has 0 saturated heterocycles. The largest absolute Gasteiger partial charge is 0.496 e. The lowest BCUT2D eigenvalue weighted by molar-refractivity contribution is -0.526. The van der Waals surface area contributed by atoms with Crippen LogP contribution in [-0.2, 0) is 0 Å². The van der Waals surface area contributed by atoms with Gasteiger partial charge in [-0.25, -0.2) is 0 Å². The summed E-state index contributed by atoms with van der Waals surface area (Å²) < 4.78 is 10.7. The van der Waals surface area contributed by atoms with Crippen LogP contribution in [0.25, 0.3) is 0 Å². The first-order valence-corrected chi connectivity index (χ1v) is 6.18. The molecule has 2 rings (SSSR count). The molecule has 0 aliphatic heterocycles. The van der Waals surface area contributed by atoms with Gasteiger partial charge in [-0.05, 0) is 18.6 Å². The van der Waals surface area contributed by atoms with Crippen molar-refractivity contribution in [2.45, 2.75) is 24.8 Å². The van der Waals surface area contributed by atoms with Gasteiger partial charge in [0.1, 0.15) is 11.5 Å². The molecule has 0 aromatic heterocycles. The van der Waals surface area contributed by atoms with E-state index in [9.17, 15) is 10.1 Å². The van der Waals surface area contributed by atoms with Crippen molar-refractivity contribution >= 4 is 0 Å². The van der Waals surface area contributed by atoms with E-state index >= 15 is 0 Å². The minimum absolute atomic E-state index is 0.208. The van der Waals surface area contributed by atoms with E-state index in [0.717, 1.165) is 5.56 Å². The van der Waals surface area contributed by atoms with Crippen molar-refractivity contribution in [3.05, 3.63) is 46.0 Å². The normalized spacial score (nSPS) is 22.0. The van der Waals surface area contributed by atoms with Gasteiger partial charge in [-0.1, -0.05) is 18.2 Å². The van der Waals surface area contributed by atoms with Crippen LogP contribution in [0.5, 0.6) is 11.5 Å². The molecular weight excluding hydrogens is 246 g/mol. The van der Waals surface area contributed by atoms with Crippen LogP contribution >= 0.6 is 0 Å². The number of hydrogen-bond donors (Lipinski definition) is 0. The van der Waals surface area contributed by atoms with Crippen molar-refractivity contribution in [3.63, 3.8) is 0 Å². The van der Waals surface area contributed by atoms with Crippen molar-refractivity contribution in [2.24, 2.45) is 0 Å². The average Bonchev–Trinajstić information content (AvgIpc) is 2.46. The van der Waals surface area contributed by atoms with Crippen molar-refractivity contribution in [2.75, 3.05) is 14.2 Å². The number of benzene rings is 1. The Labute approximate surface area is 112 Å². The molecule has 102 valence electrons. The first-order chi connectivity index (χ1) is 9.19. The molecule has 1 aromatic carbocycles. The van der Waals surface area contributed by atoms with E-state index in [4.69, 9.17) is 9.47 Å². The molecule has 5 heteroatoms. The molecule has 1 aliphatic carbocycles. The van der Waals surface area contributed by atoms with E-state index in [1.165, 1.54) is 0 Å². The average molecular weight is 263 g/mol. The van der Waals surface area contributed by atoms with Gasteiger partial charge in [0.2, 0.25) is 6.04 Å². The van der Waals surface area contributed by atoms with Crippen molar-refractivity contribution < 1.29 is 14.4 Å². The second kappa shape index (κ2) is 5.73. The molecule has 0 spiro atoms. The van der Waals surface area contributed by atoms with Crippen LogP contribution in [-0.4, -0.2) is 25.2 Å². The highest BCUT2D eigenvalue weighted by Gasteiger charge is 2.36. The van der Waals surface area contributed by atoms with Gasteiger partial charge in [-0.2, -0.15) is 0 Å². The molecule has 0 amide bonds. The first-order valence-electron chi connectivity index (χ1n) is 6.18. The number of rotatable bonds is 4. The second-order valence-corrected chi connectivity index (χ2v) is 4.48.